The lowest BCUT2D eigenvalue weighted by molar-refractivity contribution is 0.190. The second-order valence-corrected chi connectivity index (χ2v) is 6.29. The molecule has 1 fully saturated rings. The van der Waals surface area contributed by atoms with Gasteiger partial charge < -0.3 is 14.3 Å². The van der Waals surface area contributed by atoms with E-state index in [2.05, 4.69) is 27.4 Å². The van der Waals surface area contributed by atoms with Crippen molar-refractivity contribution in [2.24, 2.45) is 0 Å². The SMILES string of the molecule is Cc1c(-c2nc(C3CNCCN3C)no2)oc2ccc(Cl)cc12. The molecule has 120 valence electrons. The van der Waals surface area contributed by atoms with Crippen LogP contribution in [0.1, 0.15) is 17.4 Å². The summed E-state index contributed by atoms with van der Waals surface area (Å²) in [6.45, 7) is 4.71. The van der Waals surface area contributed by atoms with Crippen molar-refractivity contribution in [1.82, 2.24) is 20.4 Å². The fourth-order valence-corrected chi connectivity index (χ4v) is 3.13. The van der Waals surface area contributed by atoms with Gasteiger partial charge in [0.15, 0.2) is 11.6 Å². The molecular formula is C16H17ClN4O2. The highest BCUT2D eigenvalue weighted by atomic mass is 35.5. The van der Waals surface area contributed by atoms with Gasteiger partial charge in [-0.1, -0.05) is 16.8 Å². The number of aryl methyl sites for hydroxylation is 1. The van der Waals surface area contributed by atoms with Gasteiger partial charge in [0, 0.05) is 35.6 Å². The molecule has 6 nitrogen and oxygen atoms in total. The largest absolute Gasteiger partial charge is 0.451 e. The molecule has 1 aliphatic heterocycles. The average molecular weight is 333 g/mol. The van der Waals surface area contributed by atoms with Crippen LogP contribution in [0.3, 0.4) is 0 Å². The lowest BCUT2D eigenvalue weighted by Crippen LogP contribution is -2.44. The van der Waals surface area contributed by atoms with Crippen LogP contribution in [0.25, 0.3) is 22.6 Å². The highest BCUT2D eigenvalue weighted by Crippen LogP contribution is 2.34. The molecule has 1 aromatic carbocycles. The van der Waals surface area contributed by atoms with Gasteiger partial charge in [0.25, 0.3) is 5.89 Å². The molecule has 1 aliphatic rings. The van der Waals surface area contributed by atoms with E-state index in [-0.39, 0.29) is 6.04 Å². The maximum atomic E-state index is 6.06. The molecule has 7 heteroatoms. The van der Waals surface area contributed by atoms with Gasteiger partial charge in [-0.2, -0.15) is 4.98 Å². The van der Waals surface area contributed by atoms with Crippen molar-refractivity contribution in [1.29, 1.82) is 0 Å². The zero-order valence-corrected chi connectivity index (χ0v) is 13.7. The molecule has 2 aromatic heterocycles. The molecule has 1 atom stereocenters. The summed E-state index contributed by atoms with van der Waals surface area (Å²) in [7, 11) is 2.07. The van der Waals surface area contributed by atoms with Gasteiger partial charge in [-0.3, -0.25) is 4.90 Å². The lowest BCUT2D eigenvalue weighted by atomic mass is 10.1. The molecule has 23 heavy (non-hydrogen) atoms. The number of nitrogens with zero attached hydrogens (tertiary/aromatic N) is 3. The first-order valence-electron chi connectivity index (χ1n) is 7.57. The second-order valence-electron chi connectivity index (χ2n) is 5.85. The number of hydrogen-bond acceptors (Lipinski definition) is 6. The minimum atomic E-state index is 0.111. The zero-order valence-electron chi connectivity index (χ0n) is 13.0. The van der Waals surface area contributed by atoms with Gasteiger partial charge in [0.2, 0.25) is 0 Å². The Morgan fingerprint density at radius 2 is 2.26 bits per heavy atom. The van der Waals surface area contributed by atoms with Gasteiger partial charge in [-0.05, 0) is 32.2 Å². The number of aromatic nitrogens is 2. The van der Waals surface area contributed by atoms with Crippen LogP contribution in [0.5, 0.6) is 0 Å². The number of benzene rings is 1. The van der Waals surface area contributed by atoms with Gasteiger partial charge in [0.05, 0.1) is 6.04 Å². The summed E-state index contributed by atoms with van der Waals surface area (Å²) in [6, 6.07) is 5.65. The number of furan rings is 1. The van der Waals surface area contributed by atoms with E-state index in [4.69, 9.17) is 20.5 Å². The van der Waals surface area contributed by atoms with E-state index in [0.717, 1.165) is 36.2 Å². The Morgan fingerprint density at radius 3 is 3.09 bits per heavy atom. The molecule has 1 unspecified atom stereocenters. The van der Waals surface area contributed by atoms with E-state index >= 15 is 0 Å². The van der Waals surface area contributed by atoms with Gasteiger partial charge in [-0.25, -0.2) is 0 Å². The summed E-state index contributed by atoms with van der Waals surface area (Å²) >= 11 is 6.06. The number of fused-ring (bicyclic) bond motifs is 1. The van der Waals surface area contributed by atoms with Crippen LogP contribution in [0.4, 0.5) is 0 Å². The van der Waals surface area contributed by atoms with E-state index in [1.807, 2.05) is 19.1 Å². The van der Waals surface area contributed by atoms with Crippen molar-refractivity contribution in [2.45, 2.75) is 13.0 Å². The molecule has 3 aromatic rings. The summed E-state index contributed by atoms with van der Waals surface area (Å²) in [4.78, 5) is 6.77. The van der Waals surface area contributed by atoms with Crippen LogP contribution in [-0.2, 0) is 0 Å². The maximum Gasteiger partial charge on any atom is 0.294 e. The third-order valence-electron chi connectivity index (χ3n) is 4.34. The minimum absolute atomic E-state index is 0.111. The third kappa shape index (κ3) is 2.52. The third-order valence-corrected chi connectivity index (χ3v) is 4.58. The molecule has 3 heterocycles. The van der Waals surface area contributed by atoms with Crippen molar-refractivity contribution in [3.8, 4) is 11.7 Å². The smallest absolute Gasteiger partial charge is 0.294 e. The minimum Gasteiger partial charge on any atom is -0.451 e. The quantitative estimate of drug-likeness (QED) is 0.778. The van der Waals surface area contributed by atoms with E-state index in [1.54, 1.807) is 6.07 Å². The van der Waals surface area contributed by atoms with Crippen molar-refractivity contribution in [3.05, 3.63) is 34.6 Å². The molecule has 0 bridgehead atoms. The average Bonchev–Trinajstić information content (AvgIpc) is 3.13. The van der Waals surface area contributed by atoms with Crippen LogP contribution in [0.15, 0.2) is 27.1 Å². The van der Waals surface area contributed by atoms with Crippen LogP contribution in [0, 0.1) is 6.92 Å². The first kappa shape index (κ1) is 14.7. The van der Waals surface area contributed by atoms with Gasteiger partial charge in [-0.15, -0.1) is 0 Å². The molecule has 1 N–H and O–H groups in total. The monoisotopic (exact) mass is 332 g/mol. The predicted molar refractivity (Wildman–Crippen MR) is 87.5 cm³/mol. The highest BCUT2D eigenvalue weighted by Gasteiger charge is 2.27. The van der Waals surface area contributed by atoms with Crippen molar-refractivity contribution < 1.29 is 8.94 Å². The number of piperazine rings is 1. The van der Waals surface area contributed by atoms with Crippen LogP contribution < -0.4 is 5.32 Å². The standard InChI is InChI=1S/C16H17ClN4O2/c1-9-11-7-10(17)3-4-13(11)22-14(9)16-19-15(20-23-16)12-8-18-5-6-21(12)2/h3-4,7,12,18H,5-6,8H2,1-2H3. The van der Waals surface area contributed by atoms with E-state index in [0.29, 0.717) is 22.5 Å². The van der Waals surface area contributed by atoms with Crippen molar-refractivity contribution >= 4 is 22.6 Å². The molecule has 4 rings (SSSR count). The Balaban J connectivity index is 1.73. The Morgan fingerprint density at radius 1 is 1.39 bits per heavy atom. The Bertz CT molecular complexity index is 857. The molecule has 1 saturated heterocycles. The summed E-state index contributed by atoms with van der Waals surface area (Å²) in [5.74, 6) is 1.68. The van der Waals surface area contributed by atoms with E-state index in [9.17, 15) is 0 Å². The topological polar surface area (TPSA) is 67.3 Å². The normalized spacial score (nSPS) is 19.5. The first-order valence-corrected chi connectivity index (χ1v) is 7.95. The number of halogens is 1. The van der Waals surface area contributed by atoms with Crippen molar-refractivity contribution in [2.75, 3.05) is 26.7 Å². The van der Waals surface area contributed by atoms with E-state index < -0.39 is 0 Å². The van der Waals surface area contributed by atoms with E-state index in [1.165, 1.54) is 0 Å². The molecule has 0 aliphatic carbocycles. The number of likely N-dealkylation sites (N-methyl/N-ethyl adjacent to an activating group) is 1. The molecule has 0 spiro atoms. The second kappa shape index (κ2) is 5.63. The number of nitrogens with one attached hydrogen (secondary N) is 1. The molecular weight excluding hydrogens is 316 g/mol. The Kier molecular flexibility index (Phi) is 3.60. The predicted octanol–water partition coefficient (Wildman–Crippen LogP) is 3.02. The summed E-state index contributed by atoms with van der Waals surface area (Å²) in [5.41, 5.74) is 1.71. The molecule has 0 radical (unpaired) electrons. The summed E-state index contributed by atoms with van der Waals surface area (Å²) in [6.07, 6.45) is 0. The van der Waals surface area contributed by atoms with Crippen molar-refractivity contribution in [3.63, 3.8) is 0 Å². The first-order chi connectivity index (χ1) is 11.1. The maximum absolute atomic E-state index is 6.06. The van der Waals surface area contributed by atoms with Gasteiger partial charge in [0.1, 0.15) is 5.58 Å². The fraction of sp³-hybridized carbons (Fsp3) is 0.375. The zero-order chi connectivity index (χ0) is 16.0. The van der Waals surface area contributed by atoms with Gasteiger partial charge >= 0.3 is 0 Å². The fourth-order valence-electron chi connectivity index (χ4n) is 2.95. The summed E-state index contributed by atoms with van der Waals surface area (Å²) < 4.78 is 11.3. The van der Waals surface area contributed by atoms with Crippen LogP contribution in [0.2, 0.25) is 5.02 Å². The lowest BCUT2D eigenvalue weighted by Gasteiger charge is -2.30. The number of rotatable bonds is 2. The number of hydrogen-bond donors (Lipinski definition) is 1. The summed E-state index contributed by atoms with van der Waals surface area (Å²) in [5, 5.41) is 9.13. The molecule has 0 saturated carbocycles. The highest BCUT2D eigenvalue weighted by molar-refractivity contribution is 6.31. The Labute approximate surface area is 138 Å². The van der Waals surface area contributed by atoms with Crippen LogP contribution in [-0.4, -0.2) is 41.7 Å². The Hall–Kier alpha value is -1.89. The molecule has 0 amide bonds. The van der Waals surface area contributed by atoms with Crippen LogP contribution >= 0.6 is 11.6 Å².